The van der Waals surface area contributed by atoms with Crippen molar-refractivity contribution in [2.45, 2.75) is 13.5 Å². The van der Waals surface area contributed by atoms with Crippen molar-refractivity contribution < 1.29 is 9.52 Å². The van der Waals surface area contributed by atoms with Crippen LogP contribution in [0.1, 0.15) is 11.6 Å². The number of nitrogens with zero attached hydrogens (tertiary/aromatic N) is 2. The van der Waals surface area contributed by atoms with Gasteiger partial charge in [0.05, 0.1) is 12.3 Å². The van der Waals surface area contributed by atoms with E-state index in [-0.39, 0.29) is 6.61 Å². The summed E-state index contributed by atoms with van der Waals surface area (Å²) in [7, 11) is 0. The molecule has 3 rings (SSSR count). The Kier molecular flexibility index (Phi) is 2.42. The molecule has 1 N–H and O–H groups in total. The van der Waals surface area contributed by atoms with Gasteiger partial charge < -0.3 is 9.52 Å². The molecule has 2 heterocycles. The number of aliphatic hydroxyl groups excluding tert-OH is 1. The van der Waals surface area contributed by atoms with E-state index >= 15 is 0 Å². The van der Waals surface area contributed by atoms with Gasteiger partial charge in [0.2, 0.25) is 0 Å². The van der Waals surface area contributed by atoms with E-state index in [0.717, 1.165) is 21.7 Å². The molecule has 0 aliphatic rings. The Morgan fingerprint density at radius 3 is 3.00 bits per heavy atom. The first-order chi connectivity index (χ1) is 8.26. The summed E-state index contributed by atoms with van der Waals surface area (Å²) in [5, 5.41) is 11.7. The molecule has 0 radical (unpaired) electrons. The SMILES string of the molecule is Cc1nc2ccc(-c3nc(CO)cs3)cc2o1. The predicted molar refractivity (Wildman–Crippen MR) is 65.8 cm³/mol. The van der Waals surface area contributed by atoms with Crippen molar-refractivity contribution in [1.82, 2.24) is 9.97 Å². The fraction of sp³-hybridized carbons (Fsp3) is 0.167. The van der Waals surface area contributed by atoms with Gasteiger partial charge in [0.1, 0.15) is 10.5 Å². The molecule has 0 fully saturated rings. The molecular weight excluding hydrogens is 236 g/mol. The summed E-state index contributed by atoms with van der Waals surface area (Å²) in [5.74, 6) is 0.660. The molecule has 0 saturated carbocycles. The standard InChI is InChI=1S/C12H10N2O2S/c1-7-13-10-3-2-8(4-11(10)16-7)12-14-9(5-15)6-17-12/h2-4,6,15H,5H2,1H3. The minimum atomic E-state index is -0.0276. The van der Waals surface area contributed by atoms with Crippen LogP contribution in [0, 0.1) is 6.92 Å². The van der Waals surface area contributed by atoms with E-state index in [9.17, 15) is 0 Å². The number of aliphatic hydroxyl groups is 1. The van der Waals surface area contributed by atoms with Crippen LogP contribution < -0.4 is 0 Å². The van der Waals surface area contributed by atoms with Crippen molar-refractivity contribution in [3.8, 4) is 10.6 Å². The summed E-state index contributed by atoms with van der Waals surface area (Å²) in [6.07, 6.45) is 0. The van der Waals surface area contributed by atoms with Crippen LogP contribution in [0.4, 0.5) is 0 Å². The number of hydrogen-bond donors (Lipinski definition) is 1. The van der Waals surface area contributed by atoms with Crippen LogP contribution in [0.2, 0.25) is 0 Å². The molecule has 0 spiro atoms. The van der Waals surface area contributed by atoms with Crippen molar-refractivity contribution in [2.75, 3.05) is 0 Å². The van der Waals surface area contributed by atoms with Crippen molar-refractivity contribution in [3.63, 3.8) is 0 Å². The largest absolute Gasteiger partial charge is 0.441 e. The Labute approximate surface area is 102 Å². The maximum atomic E-state index is 8.99. The highest BCUT2D eigenvalue weighted by Crippen LogP contribution is 2.27. The van der Waals surface area contributed by atoms with Crippen molar-refractivity contribution in [3.05, 3.63) is 35.2 Å². The molecule has 4 nitrogen and oxygen atoms in total. The van der Waals surface area contributed by atoms with Crippen molar-refractivity contribution >= 4 is 22.4 Å². The fourth-order valence-corrected chi connectivity index (χ4v) is 2.49. The molecule has 0 bridgehead atoms. The summed E-state index contributed by atoms with van der Waals surface area (Å²) >= 11 is 1.51. The van der Waals surface area contributed by atoms with Gasteiger partial charge in [-0.05, 0) is 18.2 Å². The van der Waals surface area contributed by atoms with Crippen LogP contribution in [0.5, 0.6) is 0 Å². The second-order valence-corrected chi connectivity index (χ2v) is 4.58. The predicted octanol–water partition coefficient (Wildman–Crippen LogP) is 2.75. The molecule has 0 amide bonds. The molecule has 3 aromatic rings. The van der Waals surface area contributed by atoms with Gasteiger partial charge in [-0.2, -0.15) is 0 Å². The molecule has 2 aromatic heterocycles. The molecule has 0 aliphatic carbocycles. The minimum absolute atomic E-state index is 0.0276. The number of aromatic nitrogens is 2. The average Bonchev–Trinajstić information content (AvgIpc) is 2.92. The Balaban J connectivity index is 2.10. The summed E-state index contributed by atoms with van der Waals surface area (Å²) in [6.45, 7) is 1.80. The molecule has 0 atom stereocenters. The highest BCUT2D eigenvalue weighted by Gasteiger charge is 2.07. The lowest BCUT2D eigenvalue weighted by Crippen LogP contribution is -1.82. The number of thiazole rings is 1. The number of hydrogen-bond acceptors (Lipinski definition) is 5. The average molecular weight is 246 g/mol. The second-order valence-electron chi connectivity index (χ2n) is 3.72. The lowest BCUT2D eigenvalue weighted by Gasteiger charge is -1.94. The fourth-order valence-electron chi connectivity index (χ4n) is 1.69. The Morgan fingerprint density at radius 2 is 2.24 bits per heavy atom. The van der Waals surface area contributed by atoms with Crippen LogP contribution in [0.25, 0.3) is 21.7 Å². The van der Waals surface area contributed by atoms with Crippen molar-refractivity contribution in [1.29, 1.82) is 0 Å². The second kappa shape index (κ2) is 3.94. The first kappa shape index (κ1) is 10.4. The third kappa shape index (κ3) is 1.83. The van der Waals surface area contributed by atoms with Gasteiger partial charge in [0.25, 0.3) is 0 Å². The third-order valence-electron chi connectivity index (χ3n) is 2.46. The normalized spacial score (nSPS) is 11.2. The smallest absolute Gasteiger partial charge is 0.192 e. The van der Waals surface area contributed by atoms with Crippen molar-refractivity contribution in [2.24, 2.45) is 0 Å². The van der Waals surface area contributed by atoms with Gasteiger partial charge in [-0.3, -0.25) is 0 Å². The lowest BCUT2D eigenvalue weighted by atomic mass is 10.2. The van der Waals surface area contributed by atoms with E-state index in [4.69, 9.17) is 9.52 Å². The summed E-state index contributed by atoms with van der Waals surface area (Å²) in [5.41, 5.74) is 3.29. The summed E-state index contributed by atoms with van der Waals surface area (Å²) in [4.78, 5) is 8.56. The van der Waals surface area contributed by atoms with Gasteiger partial charge in [-0.15, -0.1) is 11.3 Å². The Morgan fingerprint density at radius 1 is 1.35 bits per heavy atom. The zero-order valence-electron chi connectivity index (χ0n) is 9.17. The van der Waals surface area contributed by atoms with E-state index < -0.39 is 0 Å². The topological polar surface area (TPSA) is 59.2 Å². The molecule has 0 unspecified atom stereocenters. The van der Waals surface area contributed by atoms with Gasteiger partial charge in [-0.1, -0.05) is 0 Å². The number of benzene rings is 1. The molecule has 5 heteroatoms. The first-order valence-corrected chi connectivity index (χ1v) is 6.07. The maximum absolute atomic E-state index is 8.99. The Hall–Kier alpha value is -1.72. The van der Waals surface area contributed by atoms with Crippen LogP contribution in [-0.4, -0.2) is 15.1 Å². The Bertz CT molecular complexity index is 672. The number of fused-ring (bicyclic) bond motifs is 1. The van der Waals surface area contributed by atoms with Gasteiger partial charge in [0.15, 0.2) is 11.5 Å². The van der Waals surface area contributed by atoms with Crippen LogP contribution in [-0.2, 0) is 6.61 Å². The molecule has 0 saturated heterocycles. The van der Waals surface area contributed by atoms with Crippen LogP contribution in [0.3, 0.4) is 0 Å². The number of oxazole rings is 1. The van der Waals surface area contributed by atoms with Crippen LogP contribution in [0.15, 0.2) is 28.0 Å². The number of aryl methyl sites for hydroxylation is 1. The maximum Gasteiger partial charge on any atom is 0.192 e. The molecule has 1 aromatic carbocycles. The highest BCUT2D eigenvalue weighted by atomic mass is 32.1. The molecule has 0 aliphatic heterocycles. The molecule has 86 valence electrons. The van der Waals surface area contributed by atoms with E-state index in [1.54, 1.807) is 0 Å². The third-order valence-corrected chi connectivity index (χ3v) is 3.40. The molecular formula is C12H10N2O2S. The van der Waals surface area contributed by atoms with E-state index in [0.29, 0.717) is 11.6 Å². The quantitative estimate of drug-likeness (QED) is 0.755. The summed E-state index contributed by atoms with van der Waals surface area (Å²) in [6, 6.07) is 5.81. The lowest BCUT2D eigenvalue weighted by molar-refractivity contribution is 0.278. The summed E-state index contributed by atoms with van der Waals surface area (Å²) < 4.78 is 5.48. The highest BCUT2D eigenvalue weighted by molar-refractivity contribution is 7.13. The zero-order valence-corrected chi connectivity index (χ0v) is 9.99. The minimum Gasteiger partial charge on any atom is -0.441 e. The van der Waals surface area contributed by atoms with E-state index in [1.807, 2.05) is 30.5 Å². The van der Waals surface area contributed by atoms with Gasteiger partial charge >= 0.3 is 0 Å². The van der Waals surface area contributed by atoms with Gasteiger partial charge in [0, 0.05) is 17.9 Å². The first-order valence-electron chi connectivity index (χ1n) is 5.19. The van der Waals surface area contributed by atoms with Gasteiger partial charge in [-0.25, -0.2) is 9.97 Å². The van der Waals surface area contributed by atoms with E-state index in [2.05, 4.69) is 9.97 Å². The van der Waals surface area contributed by atoms with E-state index in [1.165, 1.54) is 11.3 Å². The zero-order chi connectivity index (χ0) is 11.8. The number of rotatable bonds is 2. The monoisotopic (exact) mass is 246 g/mol. The molecule has 17 heavy (non-hydrogen) atoms. The van der Waals surface area contributed by atoms with Crippen LogP contribution >= 0.6 is 11.3 Å².